The first-order valence-corrected chi connectivity index (χ1v) is 7.70. The quantitative estimate of drug-likeness (QED) is 0.577. The zero-order chi connectivity index (χ0) is 11.3. The van der Waals surface area contributed by atoms with Crippen molar-refractivity contribution >= 4 is 9.84 Å². The Kier molecular flexibility index (Phi) is 2.51. The molecule has 0 aromatic rings. The first-order chi connectivity index (χ1) is 7.55. The van der Waals surface area contributed by atoms with Gasteiger partial charge in [0.15, 0.2) is 9.84 Å². The lowest BCUT2D eigenvalue weighted by Gasteiger charge is -2.26. The topological polar surface area (TPSA) is 69.6 Å². The molecule has 4 atom stereocenters. The van der Waals surface area contributed by atoms with Gasteiger partial charge in [0, 0.05) is 13.1 Å². The fourth-order valence-corrected chi connectivity index (χ4v) is 5.15. The molecule has 0 aromatic carbocycles. The van der Waals surface area contributed by atoms with Crippen LogP contribution in [0, 0.1) is 11.8 Å². The van der Waals surface area contributed by atoms with Gasteiger partial charge in [-0.1, -0.05) is 0 Å². The molecule has 3 aliphatic rings. The maximum Gasteiger partial charge on any atom is 0.154 e. The van der Waals surface area contributed by atoms with Crippen LogP contribution in [0.2, 0.25) is 0 Å². The molecule has 0 amide bonds. The fourth-order valence-electron chi connectivity index (χ4n) is 3.32. The molecule has 3 aliphatic heterocycles. The van der Waals surface area contributed by atoms with E-state index < -0.39 is 15.9 Å². The van der Waals surface area contributed by atoms with E-state index in [1.807, 2.05) is 0 Å². The van der Waals surface area contributed by atoms with Gasteiger partial charge in [-0.3, -0.25) is 4.90 Å². The fraction of sp³-hybridized carbons (Fsp3) is 1.00. The Labute approximate surface area is 95.7 Å². The maximum absolute atomic E-state index is 11.5. The van der Waals surface area contributed by atoms with Crippen LogP contribution in [-0.4, -0.2) is 68.3 Å². The Morgan fingerprint density at radius 2 is 1.75 bits per heavy atom. The van der Waals surface area contributed by atoms with Crippen LogP contribution in [0.3, 0.4) is 0 Å². The molecule has 0 aromatic heterocycles. The van der Waals surface area contributed by atoms with E-state index in [-0.39, 0.29) is 17.5 Å². The zero-order valence-corrected chi connectivity index (χ0v) is 9.99. The Morgan fingerprint density at radius 1 is 1.12 bits per heavy atom. The molecular weight excluding hydrogens is 228 g/mol. The van der Waals surface area contributed by atoms with Crippen LogP contribution in [0.25, 0.3) is 0 Å². The van der Waals surface area contributed by atoms with Crippen LogP contribution < -0.4 is 5.32 Å². The average Bonchev–Trinajstić information content (AvgIpc) is 2.76. The minimum Gasteiger partial charge on any atom is -0.390 e. The van der Waals surface area contributed by atoms with E-state index in [1.54, 1.807) is 0 Å². The van der Waals surface area contributed by atoms with Crippen LogP contribution in [0.15, 0.2) is 0 Å². The van der Waals surface area contributed by atoms with Crippen molar-refractivity contribution in [1.29, 1.82) is 0 Å². The molecule has 16 heavy (non-hydrogen) atoms. The molecule has 0 aliphatic carbocycles. The largest absolute Gasteiger partial charge is 0.390 e. The second kappa shape index (κ2) is 3.66. The van der Waals surface area contributed by atoms with Gasteiger partial charge in [-0.2, -0.15) is 0 Å². The smallest absolute Gasteiger partial charge is 0.154 e. The van der Waals surface area contributed by atoms with E-state index in [0.29, 0.717) is 11.8 Å². The molecule has 92 valence electrons. The van der Waals surface area contributed by atoms with Crippen molar-refractivity contribution < 1.29 is 13.5 Å². The molecule has 2 N–H and O–H groups in total. The average molecular weight is 246 g/mol. The predicted octanol–water partition coefficient (Wildman–Crippen LogP) is -1.70. The van der Waals surface area contributed by atoms with Gasteiger partial charge in [0.2, 0.25) is 0 Å². The molecule has 6 heteroatoms. The van der Waals surface area contributed by atoms with E-state index in [2.05, 4.69) is 10.2 Å². The summed E-state index contributed by atoms with van der Waals surface area (Å²) < 4.78 is 22.9. The number of fused-ring (bicyclic) bond motifs is 1. The molecule has 3 heterocycles. The maximum atomic E-state index is 11.5. The van der Waals surface area contributed by atoms with Crippen LogP contribution in [0.1, 0.15) is 0 Å². The molecule has 4 unspecified atom stereocenters. The second-order valence-corrected chi connectivity index (χ2v) is 7.50. The summed E-state index contributed by atoms with van der Waals surface area (Å²) >= 11 is 0. The molecule has 0 bridgehead atoms. The van der Waals surface area contributed by atoms with Gasteiger partial charge in [-0.15, -0.1) is 0 Å². The molecule has 0 radical (unpaired) electrons. The minimum absolute atomic E-state index is 0.0538. The van der Waals surface area contributed by atoms with Crippen molar-refractivity contribution in [2.24, 2.45) is 11.8 Å². The van der Waals surface area contributed by atoms with Gasteiger partial charge in [-0.25, -0.2) is 8.42 Å². The summed E-state index contributed by atoms with van der Waals surface area (Å²) in [5, 5.41) is 13.2. The van der Waals surface area contributed by atoms with E-state index in [0.717, 1.165) is 26.2 Å². The van der Waals surface area contributed by atoms with Crippen molar-refractivity contribution in [3.63, 3.8) is 0 Å². The van der Waals surface area contributed by atoms with Gasteiger partial charge in [0.25, 0.3) is 0 Å². The van der Waals surface area contributed by atoms with Crippen molar-refractivity contribution in [3.05, 3.63) is 0 Å². The SMILES string of the molecule is O=S1(=O)CC(O)C(N2CC3CNCC3C2)C1. The van der Waals surface area contributed by atoms with E-state index >= 15 is 0 Å². The first kappa shape index (κ1) is 11.0. The molecule has 5 nitrogen and oxygen atoms in total. The van der Waals surface area contributed by atoms with Crippen LogP contribution in [0.5, 0.6) is 0 Å². The number of hydrogen-bond donors (Lipinski definition) is 2. The number of nitrogens with zero attached hydrogens (tertiary/aromatic N) is 1. The number of rotatable bonds is 1. The van der Waals surface area contributed by atoms with Crippen molar-refractivity contribution in [3.8, 4) is 0 Å². The number of likely N-dealkylation sites (tertiary alicyclic amines) is 1. The highest BCUT2D eigenvalue weighted by molar-refractivity contribution is 7.91. The molecule has 3 fully saturated rings. The number of aliphatic hydroxyl groups excluding tert-OH is 1. The zero-order valence-electron chi connectivity index (χ0n) is 9.17. The monoisotopic (exact) mass is 246 g/mol. The highest BCUT2D eigenvalue weighted by atomic mass is 32.2. The lowest BCUT2D eigenvalue weighted by Crippen LogP contribution is -2.43. The number of sulfone groups is 1. The summed E-state index contributed by atoms with van der Waals surface area (Å²) in [4.78, 5) is 2.19. The number of hydrogen-bond acceptors (Lipinski definition) is 5. The lowest BCUT2D eigenvalue weighted by atomic mass is 10.0. The van der Waals surface area contributed by atoms with E-state index in [9.17, 15) is 13.5 Å². The van der Waals surface area contributed by atoms with Crippen molar-refractivity contribution in [1.82, 2.24) is 10.2 Å². The molecule has 0 saturated carbocycles. The second-order valence-electron chi connectivity index (χ2n) is 5.34. The van der Waals surface area contributed by atoms with Crippen molar-refractivity contribution in [2.45, 2.75) is 12.1 Å². The molecule has 3 rings (SSSR count). The van der Waals surface area contributed by atoms with Crippen LogP contribution in [0.4, 0.5) is 0 Å². The highest BCUT2D eigenvalue weighted by Gasteiger charge is 2.45. The molecule has 3 saturated heterocycles. The van der Waals surface area contributed by atoms with Gasteiger partial charge >= 0.3 is 0 Å². The predicted molar refractivity (Wildman–Crippen MR) is 59.9 cm³/mol. The summed E-state index contributed by atoms with van der Waals surface area (Å²) in [5.41, 5.74) is 0. The Morgan fingerprint density at radius 3 is 2.25 bits per heavy atom. The Hall–Kier alpha value is -0.170. The van der Waals surface area contributed by atoms with Gasteiger partial charge in [0.1, 0.15) is 0 Å². The number of aliphatic hydroxyl groups is 1. The number of nitrogens with one attached hydrogen (secondary N) is 1. The summed E-state index contributed by atoms with van der Waals surface area (Å²) in [7, 11) is -3.01. The third-order valence-electron chi connectivity index (χ3n) is 4.18. The lowest BCUT2D eigenvalue weighted by molar-refractivity contribution is 0.0940. The van der Waals surface area contributed by atoms with Gasteiger partial charge in [-0.05, 0) is 24.9 Å². The van der Waals surface area contributed by atoms with Crippen molar-refractivity contribution in [2.75, 3.05) is 37.7 Å². The first-order valence-electron chi connectivity index (χ1n) is 5.88. The van der Waals surface area contributed by atoms with Gasteiger partial charge < -0.3 is 10.4 Å². The summed E-state index contributed by atoms with van der Waals surface area (Å²) in [6.45, 7) is 3.96. The summed E-state index contributed by atoms with van der Waals surface area (Å²) in [5.74, 6) is 1.38. The normalized spacial score (nSPS) is 47.3. The molecular formula is C10H18N2O3S. The Balaban J connectivity index is 1.71. The standard InChI is InChI=1S/C10H18N2O3S/c13-10-6-16(14,15)5-9(10)12-3-7-1-11-2-8(7)4-12/h7-11,13H,1-6H2. The summed E-state index contributed by atoms with van der Waals surface area (Å²) in [6, 6.07) is -0.157. The van der Waals surface area contributed by atoms with Crippen LogP contribution in [-0.2, 0) is 9.84 Å². The van der Waals surface area contributed by atoms with Gasteiger partial charge in [0.05, 0.1) is 23.7 Å². The third kappa shape index (κ3) is 1.77. The third-order valence-corrected chi connectivity index (χ3v) is 5.88. The summed E-state index contributed by atoms with van der Waals surface area (Å²) in [6.07, 6.45) is -0.684. The highest BCUT2D eigenvalue weighted by Crippen LogP contribution is 2.30. The van der Waals surface area contributed by atoms with Crippen LogP contribution >= 0.6 is 0 Å². The molecule has 0 spiro atoms. The minimum atomic E-state index is -3.01. The van der Waals surface area contributed by atoms with E-state index in [4.69, 9.17) is 0 Å². The Bertz CT molecular complexity index is 372. The van der Waals surface area contributed by atoms with E-state index in [1.165, 1.54) is 0 Å².